The summed E-state index contributed by atoms with van der Waals surface area (Å²) >= 11 is 0. The number of aliphatic hydroxyl groups is 1. The van der Waals surface area contributed by atoms with E-state index in [4.69, 9.17) is 0 Å². The van der Waals surface area contributed by atoms with Crippen molar-refractivity contribution in [1.29, 1.82) is 5.26 Å². The predicted octanol–water partition coefficient (Wildman–Crippen LogP) is 3.73. The van der Waals surface area contributed by atoms with E-state index < -0.39 is 18.0 Å². The van der Waals surface area contributed by atoms with E-state index in [0.29, 0.717) is 25.1 Å². The van der Waals surface area contributed by atoms with Crippen LogP contribution in [-0.4, -0.2) is 32.2 Å². The zero-order valence-electron chi connectivity index (χ0n) is 16.7. The van der Waals surface area contributed by atoms with Gasteiger partial charge >= 0.3 is 6.18 Å². The molecule has 30 heavy (non-hydrogen) atoms. The van der Waals surface area contributed by atoms with Crippen LogP contribution in [0.2, 0.25) is 0 Å². The number of nitrogens with zero attached hydrogens (tertiary/aromatic N) is 4. The standard InChI is InChI=1S/C20H23F3N6O/c1-19(2)8-14(5-6-15(19)30)28-17-13(9-24)11-27-18(29-17)26-10-12-4-3-7-25-16(12)20(21,22)23/h3-4,7,11,14-15,30H,5-6,8,10H2,1-2H3,(H2,26,27,28,29)/t14-,15-/m1/s1. The molecule has 0 amide bonds. The third kappa shape index (κ3) is 4.97. The minimum absolute atomic E-state index is 0.00778. The van der Waals surface area contributed by atoms with Crippen molar-refractivity contribution in [3.8, 4) is 6.07 Å². The average molecular weight is 420 g/mol. The highest BCUT2D eigenvalue weighted by Gasteiger charge is 2.36. The Morgan fingerprint density at radius 3 is 2.73 bits per heavy atom. The van der Waals surface area contributed by atoms with Gasteiger partial charge in [-0.3, -0.25) is 4.98 Å². The fraction of sp³-hybridized carbons (Fsp3) is 0.500. The zero-order valence-corrected chi connectivity index (χ0v) is 16.7. The van der Waals surface area contributed by atoms with Crippen molar-refractivity contribution in [1.82, 2.24) is 15.0 Å². The molecule has 3 N–H and O–H groups in total. The Bertz CT molecular complexity index is 941. The van der Waals surface area contributed by atoms with Crippen LogP contribution in [0, 0.1) is 16.7 Å². The van der Waals surface area contributed by atoms with E-state index in [2.05, 4.69) is 25.6 Å². The largest absolute Gasteiger partial charge is 0.433 e. The molecule has 0 saturated heterocycles. The Morgan fingerprint density at radius 1 is 1.30 bits per heavy atom. The number of nitriles is 1. The van der Waals surface area contributed by atoms with Gasteiger partial charge in [0.2, 0.25) is 5.95 Å². The molecule has 1 fully saturated rings. The molecule has 1 aliphatic carbocycles. The first-order valence-corrected chi connectivity index (χ1v) is 9.57. The Labute approximate surface area is 172 Å². The quantitative estimate of drug-likeness (QED) is 0.677. The summed E-state index contributed by atoms with van der Waals surface area (Å²) in [6, 6.07) is 4.79. The molecule has 0 spiro atoms. The van der Waals surface area contributed by atoms with E-state index in [1.807, 2.05) is 19.9 Å². The zero-order chi connectivity index (χ0) is 21.9. The van der Waals surface area contributed by atoms with Crippen molar-refractivity contribution in [2.24, 2.45) is 5.41 Å². The van der Waals surface area contributed by atoms with Crippen molar-refractivity contribution in [2.75, 3.05) is 10.6 Å². The third-order valence-corrected chi connectivity index (χ3v) is 5.31. The second kappa shape index (κ2) is 8.44. The highest BCUT2D eigenvalue weighted by Crippen LogP contribution is 2.37. The summed E-state index contributed by atoms with van der Waals surface area (Å²) in [6.45, 7) is 3.79. The van der Waals surface area contributed by atoms with E-state index >= 15 is 0 Å². The smallest absolute Gasteiger partial charge is 0.393 e. The van der Waals surface area contributed by atoms with E-state index in [9.17, 15) is 23.5 Å². The number of aromatic nitrogens is 3. The van der Waals surface area contributed by atoms with Gasteiger partial charge in [0, 0.05) is 24.3 Å². The topological polar surface area (TPSA) is 107 Å². The average Bonchev–Trinajstić information content (AvgIpc) is 2.68. The first-order valence-electron chi connectivity index (χ1n) is 9.57. The minimum atomic E-state index is -4.56. The lowest BCUT2D eigenvalue weighted by atomic mass is 9.73. The molecular weight excluding hydrogens is 397 g/mol. The highest BCUT2D eigenvalue weighted by atomic mass is 19.4. The van der Waals surface area contributed by atoms with E-state index in [-0.39, 0.29) is 35.1 Å². The lowest BCUT2D eigenvalue weighted by molar-refractivity contribution is -0.141. The van der Waals surface area contributed by atoms with Gasteiger partial charge in [0.25, 0.3) is 0 Å². The van der Waals surface area contributed by atoms with Crippen LogP contribution in [0.25, 0.3) is 0 Å². The molecule has 2 heterocycles. The maximum Gasteiger partial charge on any atom is 0.433 e. The van der Waals surface area contributed by atoms with Gasteiger partial charge in [-0.25, -0.2) is 4.98 Å². The van der Waals surface area contributed by atoms with Crippen LogP contribution in [0.5, 0.6) is 0 Å². The minimum Gasteiger partial charge on any atom is -0.393 e. The molecular formula is C20H23F3N6O. The number of alkyl halides is 3. The molecule has 10 heteroatoms. The van der Waals surface area contributed by atoms with Crippen molar-refractivity contribution in [2.45, 2.75) is 58.0 Å². The predicted molar refractivity (Wildman–Crippen MR) is 104 cm³/mol. The third-order valence-electron chi connectivity index (χ3n) is 5.31. The van der Waals surface area contributed by atoms with Crippen molar-refractivity contribution in [3.63, 3.8) is 0 Å². The number of hydrogen-bond acceptors (Lipinski definition) is 7. The van der Waals surface area contributed by atoms with Crippen LogP contribution in [0.4, 0.5) is 24.9 Å². The summed E-state index contributed by atoms with van der Waals surface area (Å²) in [5.41, 5.74) is -1.03. The maximum absolute atomic E-state index is 13.1. The summed E-state index contributed by atoms with van der Waals surface area (Å²) in [4.78, 5) is 11.7. The maximum atomic E-state index is 13.1. The van der Waals surface area contributed by atoms with Gasteiger partial charge in [0.05, 0.1) is 12.3 Å². The second-order valence-corrected chi connectivity index (χ2v) is 8.06. The van der Waals surface area contributed by atoms with Gasteiger partial charge in [-0.05, 0) is 30.7 Å². The summed E-state index contributed by atoms with van der Waals surface area (Å²) in [7, 11) is 0. The molecule has 0 aromatic carbocycles. The van der Waals surface area contributed by atoms with E-state index in [0.717, 1.165) is 6.20 Å². The van der Waals surface area contributed by atoms with Gasteiger partial charge in [-0.1, -0.05) is 19.9 Å². The summed E-state index contributed by atoms with van der Waals surface area (Å²) in [6.07, 6.45) is -0.498. The first-order chi connectivity index (χ1) is 14.1. The Hall–Kier alpha value is -2.93. The lowest BCUT2D eigenvalue weighted by Crippen LogP contribution is -2.41. The van der Waals surface area contributed by atoms with Gasteiger partial charge in [0.15, 0.2) is 0 Å². The van der Waals surface area contributed by atoms with Crippen molar-refractivity contribution < 1.29 is 18.3 Å². The molecule has 2 atom stereocenters. The molecule has 0 bridgehead atoms. The number of hydrogen-bond donors (Lipinski definition) is 3. The van der Waals surface area contributed by atoms with Gasteiger partial charge in [-0.2, -0.15) is 23.4 Å². The van der Waals surface area contributed by atoms with Crippen LogP contribution < -0.4 is 10.6 Å². The molecule has 7 nitrogen and oxygen atoms in total. The molecule has 2 aromatic rings. The summed E-state index contributed by atoms with van der Waals surface area (Å²) in [5.74, 6) is 0.415. The molecule has 1 saturated carbocycles. The molecule has 0 unspecified atom stereocenters. The molecule has 3 rings (SSSR count). The fourth-order valence-corrected chi connectivity index (χ4v) is 3.61. The Kier molecular flexibility index (Phi) is 6.12. The number of halogens is 3. The van der Waals surface area contributed by atoms with Gasteiger partial charge in [-0.15, -0.1) is 0 Å². The van der Waals surface area contributed by atoms with Crippen LogP contribution in [0.1, 0.15) is 49.9 Å². The fourth-order valence-electron chi connectivity index (χ4n) is 3.61. The number of aliphatic hydroxyl groups excluding tert-OH is 1. The van der Waals surface area contributed by atoms with Gasteiger partial charge in [0.1, 0.15) is 23.1 Å². The lowest BCUT2D eigenvalue weighted by Gasteiger charge is -2.40. The molecule has 1 aliphatic rings. The van der Waals surface area contributed by atoms with E-state index in [1.165, 1.54) is 18.3 Å². The molecule has 0 aliphatic heterocycles. The molecule has 160 valence electrons. The van der Waals surface area contributed by atoms with Crippen LogP contribution in [0.3, 0.4) is 0 Å². The highest BCUT2D eigenvalue weighted by molar-refractivity contribution is 5.54. The van der Waals surface area contributed by atoms with Crippen LogP contribution in [-0.2, 0) is 12.7 Å². The SMILES string of the molecule is CC1(C)C[C@H](Nc2nc(NCc3cccnc3C(F)(F)F)ncc2C#N)CC[C@H]1O. The first kappa shape index (κ1) is 21.8. The monoisotopic (exact) mass is 420 g/mol. The second-order valence-electron chi connectivity index (χ2n) is 8.06. The van der Waals surface area contributed by atoms with E-state index in [1.54, 1.807) is 0 Å². The van der Waals surface area contributed by atoms with Crippen molar-refractivity contribution >= 4 is 11.8 Å². The Morgan fingerprint density at radius 2 is 2.07 bits per heavy atom. The van der Waals surface area contributed by atoms with Crippen LogP contribution >= 0.6 is 0 Å². The van der Waals surface area contributed by atoms with Crippen LogP contribution in [0.15, 0.2) is 24.5 Å². The molecule has 0 radical (unpaired) electrons. The molecule has 2 aromatic heterocycles. The van der Waals surface area contributed by atoms with Gasteiger partial charge < -0.3 is 15.7 Å². The van der Waals surface area contributed by atoms with Crippen molar-refractivity contribution in [3.05, 3.63) is 41.3 Å². The normalized spacial score (nSPS) is 21.0. The summed E-state index contributed by atoms with van der Waals surface area (Å²) < 4.78 is 39.3. The number of rotatable bonds is 5. The number of nitrogens with one attached hydrogen (secondary N) is 2. The number of pyridine rings is 1. The summed E-state index contributed by atoms with van der Waals surface area (Å²) in [5, 5.41) is 25.5. The number of anilines is 2. The Balaban J connectivity index is 1.75.